The highest BCUT2D eigenvalue weighted by Crippen LogP contribution is 2.23. The lowest BCUT2D eigenvalue weighted by Crippen LogP contribution is -2.30. The van der Waals surface area contributed by atoms with E-state index in [9.17, 15) is 23.3 Å². The fourth-order valence-corrected chi connectivity index (χ4v) is 4.18. The molecule has 0 aliphatic carbocycles. The molecule has 28 heavy (non-hydrogen) atoms. The lowest BCUT2D eigenvalue weighted by molar-refractivity contribution is -0.384. The Hall–Kier alpha value is -2.55. The van der Waals surface area contributed by atoms with Crippen molar-refractivity contribution in [1.29, 1.82) is 0 Å². The van der Waals surface area contributed by atoms with Crippen LogP contribution in [-0.2, 0) is 10.0 Å². The molecule has 148 valence electrons. The Morgan fingerprint density at radius 1 is 1.14 bits per heavy atom. The molecule has 0 bridgehead atoms. The summed E-state index contributed by atoms with van der Waals surface area (Å²) < 4.78 is 26.3. The average molecular weight is 423 g/mol. The molecule has 0 amide bonds. The minimum absolute atomic E-state index is 0.110. The average Bonchev–Trinajstić information content (AvgIpc) is 2.67. The Morgan fingerprint density at radius 3 is 2.29 bits per heavy atom. The first kappa shape index (κ1) is 21.7. The summed E-state index contributed by atoms with van der Waals surface area (Å²) in [6.07, 6.45) is 2.62. The second-order valence-corrected chi connectivity index (χ2v) is 8.12. The highest BCUT2D eigenvalue weighted by molar-refractivity contribution is 7.89. The number of carbonyl (C=O) groups excluding carboxylic acids is 1. The number of non-ortho nitro benzene ring substituents is 1. The summed E-state index contributed by atoms with van der Waals surface area (Å²) in [6.45, 7) is 4.21. The standard InChI is InChI=1S/C19H19ClN2O5S/c1-3-21(4-2)28(26,27)17-9-5-14(6-10-17)19(23)12-7-15-13-16(22(24)25)8-11-18(15)20/h5-13H,3-4H2,1-2H3/b12-7+. The number of allylic oxidation sites excluding steroid dienone is 1. The Morgan fingerprint density at radius 2 is 1.75 bits per heavy atom. The van der Waals surface area contributed by atoms with Crippen molar-refractivity contribution in [2.24, 2.45) is 0 Å². The maximum Gasteiger partial charge on any atom is 0.270 e. The number of hydrogen-bond donors (Lipinski definition) is 0. The second-order valence-electron chi connectivity index (χ2n) is 5.77. The van der Waals surface area contributed by atoms with Crippen LogP contribution in [0.2, 0.25) is 5.02 Å². The summed E-state index contributed by atoms with van der Waals surface area (Å²) in [5.74, 6) is -0.380. The van der Waals surface area contributed by atoms with Gasteiger partial charge in [0.15, 0.2) is 5.78 Å². The third-order valence-corrected chi connectivity index (χ3v) is 6.50. The number of nitrogens with zero attached hydrogens (tertiary/aromatic N) is 2. The van der Waals surface area contributed by atoms with Crippen LogP contribution in [0.15, 0.2) is 53.4 Å². The maximum atomic E-state index is 12.5. The van der Waals surface area contributed by atoms with Crippen molar-refractivity contribution in [3.05, 3.63) is 74.8 Å². The first-order chi connectivity index (χ1) is 13.2. The molecule has 2 aromatic carbocycles. The van der Waals surface area contributed by atoms with E-state index >= 15 is 0 Å². The Labute approximate surface area is 168 Å². The second kappa shape index (κ2) is 9.09. The lowest BCUT2D eigenvalue weighted by atomic mass is 10.1. The van der Waals surface area contributed by atoms with Crippen LogP contribution < -0.4 is 0 Å². The van der Waals surface area contributed by atoms with E-state index in [-0.39, 0.29) is 27.0 Å². The molecule has 0 heterocycles. The van der Waals surface area contributed by atoms with Gasteiger partial charge in [-0.3, -0.25) is 14.9 Å². The van der Waals surface area contributed by atoms with Gasteiger partial charge in [-0.15, -0.1) is 0 Å². The number of ketones is 1. The molecule has 0 fully saturated rings. The summed E-state index contributed by atoms with van der Waals surface area (Å²) in [7, 11) is -3.59. The largest absolute Gasteiger partial charge is 0.289 e. The minimum atomic E-state index is -3.59. The summed E-state index contributed by atoms with van der Waals surface area (Å²) in [4.78, 5) is 22.7. The topological polar surface area (TPSA) is 97.6 Å². The minimum Gasteiger partial charge on any atom is -0.289 e. The van der Waals surface area contributed by atoms with Crippen molar-refractivity contribution in [1.82, 2.24) is 4.31 Å². The summed E-state index contributed by atoms with van der Waals surface area (Å²) in [5, 5.41) is 11.1. The summed E-state index contributed by atoms with van der Waals surface area (Å²) in [6, 6.07) is 9.56. The number of hydrogen-bond acceptors (Lipinski definition) is 5. The quantitative estimate of drug-likeness (QED) is 0.275. The van der Waals surface area contributed by atoms with Crippen LogP contribution in [0.1, 0.15) is 29.8 Å². The van der Waals surface area contributed by atoms with Gasteiger partial charge in [0.05, 0.1) is 9.82 Å². The van der Waals surface area contributed by atoms with Gasteiger partial charge in [0.2, 0.25) is 10.0 Å². The maximum absolute atomic E-state index is 12.5. The van der Waals surface area contributed by atoms with E-state index in [2.05, 4.69) is 0 Å². The van der Waals surface area contributed by atoms with Crippen molar-refractivity contribution in [3.63, 3.8) is 0 Å². The van der Waals surface area contributed by atoms with Crippen LogP contribution in [0, 0.1) is 10.1 Å². The Bertz CT molecular complexity index is 1010. The van der Waals surface area contributed by atoms with Crippen molar-refractivity contribution >= 4 is 39.2 Å². The van der Waals surface area contributed by atoms with Crippen molar-refractivity contribution < 1.29 is 18.1 Å². The number of rotatable bonds is 8. The van der Waals surface area contributed by atoms with Gasteiger partial charge in [0, 0.05) is 35.8 Å². The molecular formula is C19H19ClN2O5S. The van der Waals surface area contributed by atoms with E-state index in [0.29, 0.717) is 18.7 Å². The molecule has 0 saturated heterocycles. The number of sulfonamides is 1. The number of carbonyl (C=O) groups is 1. The van der Waals surface area contributed by atoms with Gasteiger partial charge in [0.1, 0.15) is 0 Å². The zero-order valence-electron chi connectivity index (χ0n) is 15.3. The molecule has 2 rings (SSSR count). The SMILES string of the molecule is CCN(CC)S(=O)(=O)c1ccc(C(=O)/C=C/c2cc([N+](=O)[O-])ccc2Cl)cc1. The van der Waals surface area contributed by atoms with Crippen LogP contribution in [0.5, 0.6) is 0 Å². The Balaban J connectivity index is 2.23. The van der Waals surface area contributed by atoms with Crippen LogP contribution in [-0.4, -0.2) is 36.5 Å². The van der Waals surface area contributed by atoms with Crippen molar-refractivity contribution in [3.8, 4) is 0 Å². The highest BCUT2D eigenvalue weighted by atomic mass is 35.5. The lowest BCUT2D eigenvalue weighted by Gasteiger charge is -2.18. The molecule has 0 spiro atoms. The van der Waals surface area contributed by atoms with Crippen LogP contribution in [0.25, 0.3) is 6.08 Å². The van der Waals surface area contributed by atoms with Crippen LogP contribution in [0.3, 0.4) is 0 Å². The van der Waals surface area contributed by atoms with Gasteiger partial charge < -0.3 is 0 Å². The molecule has 0 saturated carbocycles. The van der Waals surface area contributed by atoms with Gasteiger partial charge in [-0.2, -0.15) is 4.31 Å². The summed E-state index contributed by atoms with van der Waals surface area (Å²) >= 11 is 6.00. The van der Waals surface area contributed by atoms with Crippen LogP contribution >= 0.6 is 11.6 Å². The zero-order valence-corrected chi connectivity index (χ0v) is 16.9. The van der Waals surface area contributed by atoms with E-state index in [1.54, 1.807) is 13.8 Å². The number of nitro benzene ring substituents is 1. The van der Waals surface area contributed by atoms with Gasteiger partial charge in [0.25, 0.3) is 5.69 Å². The van der Waals surface area contributed by atoms with E-state index in [1.807, 2.05) is 0 Å². The Kier molecular flexibility index (Phi) is 7.06. The van der Waals surface area contributed by atoms with Crippen LogP contribution in [0.4, 0.5) is 5.69 Å². The third-order valence-electron chi connectivity index (χ3n) is 4.09. The number of benzene rings is 2. The molecule has 0 aliphatic heterocycles. The zero-order chi connectivity index (χ0) is 20.9. The molecule has 0 atom stereocenters. The first-order valence-electron chi connectivity index (χ1n) is 8.47. The van der Waals surface area contributed by atoms with E-state index in [1.165, 1.54) is 58.9 Å². The molecule has 0 aromatic heterocycles. The molecule has 0 N–H and O–H groups in total. The molecular weight excluding hydrogens is 404 g/mol. The molecule has 9 heteroatoms. The van der Waals surface area contributed by atoms with Crippen molar-refractivity contribution in [2.45, 2.75) is 18.7 Å². The monoisotopic (exact) mass is 422 g/mol. The normalized spacial score (nSPS) is 11.9. The third kappa shape index (κ3) is 4.83. The predicted molar refractivity (Wildman–Crippen MR) is 108 cm³/mol. The van der Waals surface area contributed by atoms with E-state index in [4.69, 9.17) is 11.6 Å². The highest BCUT2D eigenvalue weighted by Gasteiger charge is 2.21. The van der Waals surface area contributed by atoms with E-state index < -0.39 is 14.9 Å². The molecule has 0 unspecified atom stereocenters. The predicted octanol–water partition coefficient (Wildman–Crippen LogP) is 4.17. The molecule has 7 nitrogen and oxygen atoms in total. The van der Waals surface area contributed by atoms with Gasteiger partial charge in [-0.05, 0) is 48.0 Å². The first-order valence-corrected chi connectivity index (χ1v) is 10.3. The molecule has 2 aromatic rings. The van der Waals surface area contributed by atoms with Gasteiger partial charge >= 0.3 is 0 Å². The van der Waals surface area contributed by atoms with Gasteiger partial charge in [-0.25, -0.2) is 8.42 Å². The molecule has 0 aliphatic rings. The smallest absolute Gasteiger partial charge is 0.270 e. The molecule has 0 radical (unpaired) electrons. The fourth-order valence-electron chi connectivity index (χ4n) is 2.54. The van der Waals surface area contributed by atoms with Crippen molar-refractivity contribution in [2.75, 3.05) is 13.1 Å². The number of halogens is 1. The van der Waals surface area contributed by atoms with Gasteiger partial charge in [-0.1, -0.05) is 25.4 Å². The summed E-state index contributed by atoms with van der Waals surface area (Å²) in [5.41, 5.74) is 0.490. The number of nitro groups is 1. The van der Waals surface area contributed by atoms with E-state index in [0.717, 1.165) is 0 Å². The fraction of sp³-hybridized carbons (Fsp3) is 0.211.